The smallest absolute Gasteiger partial charge is 0.408 e. The van der Waals surface area contributed by atoms with Gasteiger partial charge in [-0.2, -0.15) is 5.26 Å². The number of hydrogen-bond acceptors (Lipinski definition) is 5. The molecule has 0 spiro atoms. The highest BCUT2D eigenvalue weighted by molar-refractivity contribution is 5.99. The molecular formula is C33H36N4O4. The first kappa shape index (κ1) is 28.2. The van der Waals surface area contributed by atoms with Crippen LogP contribution in [-0.2, 0) is 10.3 Å². The molecule has 8 nitrogen and oxygen atoms in total. The molecule has 2 amide bonds. The summed E-state index contributed by atoms with van der Waals surface area (Å²) in [5.41, 5.74) is 3.96. The minimum atomic E-state index is -0.909. The first-order chi connectivity index (χ1) is 19.7. The van der Waals surface area contributed by atoms with Crippen molar-refractivity contribution in [1.82, 2.24) is 9.88 Å². The molecule has 0 unspecified atom stereocenters. The fourth-order valence-electron chi connectivity index (χ4n) is 6.11. The van der Waals surface area contributed by atoms with Crippen LogP contribution < -0.4 is 9.64 Å². The van der Waals surface area contributed by atoms with Crippen molar-refractivity contribution in [3.05, 3.63) is 66.2 Å². The van der Waals surface area contributed by atoms with Gasteiger partial charge in [0, 0.05) is 29.6 Å². The number of carboxylic acid groups (broad SMARTS) is 1. The number of carbonyl (C=O) groups is 2. The maximum Gasteiger partial charge on any atom is 0.408 e. The molecule has 2 heterocycles. The first-order valence-electron chi connectivity index (χ1n) is 14.2. The predicted molar refractivity (Wildman–Crippen MR) is 158 cm³/mol. The van der Waals surface area contributed by atoms with Gasteiger partial charge >= 0.3 is 6.09 Å². The van der Waals surface area contributed by atoms with Crippen LogP contribution in [0.1, 0.15) is 64.9 Å². The van der Waals surface area contributed by atoms with E-state index in [0.29, 0.717) is 31.0 Å². The summed E-state index contributed by atoms with van der Waals surface area (Å²) in [6.07, 6.45) is 3.53. The number of fused-ring (bicyclic) bond motifs is 1. The number of anilines is 1. The van der Waals surface area contributed by atoms with Gasteiger partial charge in [0.1, 0.15) is 5.69 Å². The topological polar surface area (TPSA) is 107 Å². The highest BCUT2D eigenvalue weighted by atomic mass is 16.5. The van der Waals surface area contributed by atoms with Gasteiger partial charge in [-0.3, -0.25) is 9.69 Å². The average Bonchev–Trinajstić information content (AvgIpc) is 2.93. The zero-order valence-corrected chi connectivity index (χ0v) is 23.9. The van der Waals surface area contributed by atoms with Crippen molar-refractivity contribution in [2.45, 2.75) is 70.4 Å². The van der Waals surface area contributed by atoms with E-state index in [0.717, 1.165) is 53.6 Å². The van der Waals surface area contributed by atoms with Crippen molar-refractivity contribution in [3.8, 4) is 34.3 Å². The van der Waals surface area contributed by atoms with E-state index in [9.17, 15) is 14.7 Å². The molecule has 1 fully saturated rings. The second-order valence-electron chi connectivity index (χ2n) is 11.8. The zero-order valence-electron chi connectivity index (χ0n) is 23.9. The van der Waals surface area contributed by atoms with Crippen molar-refractivity contribution in [3.63, 3.8) is 0 Å². The van der Waals surface area contributed by atoms with Gasteiger partial charge in [0.2, 0.25) is 5.88 Å². The van der Waals surface area contributed by atoms with E-state index in [1.807, 2.05) is 81.4 Å². The van der Waals surface area contributed by atoms with Gasteiger partial charge < -0.3 is 14.7 Å². The molecular weight excluding hydrogens is 516 g/mol. The number of nitriles is 1. The molecule has 41 heavy (non-hydrogen) atoms. The standard InChI is InChI=1S/C33H36N4O4/c1-32(2,3)37(31(39)40)33(17-10-18-33)25-15-13-24(14-16-25)29-26(23-11-6-4-7-12-23)21-27-30(35-29)41-22-28(38)36(27)20-9-5-8-19-34/h4,6-7,11-16,21H,5,8-10,17-18,20,22H2,1-3H3,(H,39,40). The second kappa shape index (κ2) is 11.2. The number of aromatic nitrogens is 1. The zero-order chi connectivity index (χ0) is 29.2. The van der Waals surface area contributed by atoms with E-state index in [2.05, 4.69) is 6.07 Å². The molecule has 3 aromatic rings. The number of hydrogen-bond donors (Lipinski definition) is 1. The minimum Gasteiger partial charge on any atom is -0.466 e. The Balaban J connectivity index is 1.56. The molecule has 0 atom stereocenters. The van der Waals surface area contributed by atoms with E-state index in [1.165, 1.54) is 0 Å². The van der Waals surface area contributed by atoms with E-state index >= 15 is 0 Å². The van der Waals surface area contributed by atoms with Crippen LogP contribution in [0.5, 0.6) is 5.88 Å². The number of benzene rings is 2. The Kier molecular flexibility index (Phi) is 7.72. The lowest BCUT2D eigenvalue weighted by Crippen LogP contribution is -2.60. The Morgan fingerprint density at radius 2 is 1.80 bits per heavy atom. The van der Waals surface area contributed by atoms with E-state index in [-0.39, 0.29) is 12.5 Å². The molecule has 2 aliphatic rings. The largest absolute Gasteiger partial charge is 0.466 e. The monoisotopic (exact) mass is 552 g/mol. The number of ether oxygens (including phenoxy) is 1. The number of rotatable bonds is 8. The third kappa shape index (κ3) is 5.37. The van der Waals surface area contributed by atoms with Crippen LogP contribution >= 0.6 is 0 Å². The molecule has 5 rings (SSSR count). The summed E-state index contributed by atoms with van der Waals surface area (Å²) in [6, 6.07) is 22.1. The van der Waals surface area contributed by atoms with Gasteiger partial charge in [0.15, 0.2) is 6.61 Å². The van der Waals surface area contributed by atoms with Crippen LogP contribution in [0, 0.1) is 11.3 Å². The maximum atomic E-state index is 12.8. The third-order valence-corrected chi connectivity index (χ3v) is 8.06. The average molecular weight is 553 g/mol. The van der Waals surface area contributed by atoms with E-state index in [1.54, 1.807) is 9.80 Å². The fraction of sp³-hybridized carbons (Fsp3) is 0.394. The van der Waals surface area contributed by atoms with Crippen molar-refractivity contribution in [2.75, 3.05) is 18.1 Å². The molecule has 0 radical (unpaired) electrons. The normalized spacial score (nSPS) is 15.8. The Morgan fingerprint density at radius 1 is 1.10 bits per heavy atom. The predicted octanol–water partition coefficient (Wildman–Crippen LogP) is 6.99. The molecule has 1 saturated carbocycles. The van der Waals surface area contributed by atoms with Crippen molar-refractivity contribution in [2.24, 2.45) is 0 Å². The van der Waals surface area contributed by atoms with Gasteiger partial charge in [0.25, 0.3) is 5.91 Å². The number of amides is 2. The number of pyridine rings is 1. The van der Waals surface area contributed by atoms with Gasteiger partial charge in [0.05, 0.1) is 17.3 Å². The van der Waals surface area contributed by atoms with Crippen molar-refractivity contribution >= 4 is 17.7 Å². The van der Waals surface area contributed by atoms with Crippen LogP contribution in [0.3, 0.4) is 0 Å². The third-order valence-electron chi connectivity index (χ3n) is 8.06. The molecule has 0 bridgehead atoms. The minimum absolute atomic E-state index is 0.0817. The van der Waals surface area contributed by atoms with Crippen LogP contribution in [0.4, 0.5) is 10.5 Å². The van der Waals surface area contributed by atoms with Crippen LogP contribution in [0.2, 0.25) is 0 Å². The fourth-order valence-corrected chi connectivity index (χ4v) is 6.11. The summed E-state index contributed by atoms with van der Waals surface area (Å²) in [7, 11) is 0. The lowest BCUT2D eigenvalue weighted by Gasteiger charge is -2.54. The SMILES string of the molecule is CC(C)(C)N(C(=O)O)C1(c2ccc(-c3nc4c(cc3-c3ccccc3)N(CCCCC#N)C(=O)CO4)cc2)CCC1. The van der Waals surface area contributed by atoms with Crippen molar-refractivity contribution in [1.29, 1.82) is 5.26 Å². The Labute approximate surface area is 241 Å². The Bertz CT molecular complexity index is 1470. The van der Waals surface area contributed by atoms with Crippen molar-refractivity contribution < 1.29 is 19.4 Å². The molecule has 1 aliphatic heterocycles. The molecule has 2 aromatic carbocycles. The van der Waals surface area contributed by atoms with E-state index in [4.69, 9.17) is 15.0 Å². The van der Waals surface area contributed by atoms with Gasteiger partial charge in [-0.1, -0.05) is 54.6 Å². The van der Waals surface area contributed by atoms with E-state index < -0.39 is 17.2 Å². The molecule has 8 heteroatoms. The molecule has 0 saturated heterocycles. The van der Waals surface area contributed by atoms with Crippen LogP contribution in [0.25, 0.3) is 22.4 Å². The maximum absolute atomic E-state index is 12.8. The summed E-state index contributed by atoms with van der Waals surface area (Å²) in [5, 5.41) is 19.1. The van der Waals surface area contributed by atoms with Gasteiger partial charge in [-0.05, 0) is 70.1 Å². The number of unbranched alkanes of at least 4 members (excludes halogenated alkanes) is 2. The second-order valence-corrected chi connectivity index (χ2v) is 11.8. The summed E-state index contributed by atoms with van der Waals surface area (Å²) < 4.78 is 5.82. The van der Waals surface area contributed by atoms with Gasteiger partial charge in [-0.15, -0.1) is 0 Å². The lowest BCUT2D eigenvalue weighted by atomic mass is 9.69. The summed E-state index contributed by atoms with van der Waals surface area (Å²) in [5.74, 6) is 0.281. The summed E-state index contributed by atoms with van der Waals surface area (Å²) in [4.78, 5) is 33.5. The summed E-state index contributed by atoms with van der Waals surface area (Å²) in [6.45, 7) is 6.24. The lowest BCUT2D eigenvalue weighted by molar-refractivity contribution is -0.121. The van der Waals surface area contributed by atoms with Crippen LogP contribution in [-0.4, -0.2) is 45.7 Å². The quantitative estimate of drug-likeness (QED) is 0.302. The van der Waals surface area contributed by atoms with Crippen LogP contribution in [0.15, 0.2) is 60.7 Å². The molecule has 212 valence electrons. The highest BCUT2D eigenvalue weighted by Gasteiger charge is 2.50. The number of carbonyl (C=O) groups excluding carboxylic acids is 1. The highest BCUT2D eigenvalue weighted by Crippen LogP contribution is 2.50. The molecule has 1 aliphatic carbocycles. The molecule has 1 N–H and O–H groups in total. The first-order valence-corrected chi connectivity index (χ1v) is 14.2. The Hall–Kier alpha value is -4.38. The number of nitrogens with zero attached hydrogens (tertiary/aromatic N) is 4. The Morgan fingerprint density at radius 3 is 2.39 bits per heavy atom. The molecule has 1 aromatic heterocycles. The summed E-state index contributed by atoms with van der Waals surface area (Å²) >= 11 is 0. The van der Waals surface area contributed by atoms with Gasteiger partial charge in [-0.25, -0.2) is 9.78 Å².